The molecular weight excluding hydrogens is 304 g/mol. The predicted octanol–water partition coefficient (Wildman–Crippen LogP) is 2.68. The van der Waals surface area contributed by atoms with Crippen LogP contribution in [0.4, 0.5) is 5.69 Å². The first-order chi connectivity index (χ1) is 11.7. The van der Waals surface area contributed by atoms with Gasteiger partial charge < -0.3 is 15.0 Å². The smallest absolute Gasteiger partial charge is 0.229 e. The van der Waals surface area contributed by atoms with Crippen LogP contribution in [0.2, 0.25) is 0 Å². The molecular formula is C19H20N2O3. The quantitative estimate of drug-likeness (QED) is 0.920. The molecule has 2 amide bonds. The summed E-state index contributed by atoms with van der Waals surface area (Å²) >= 11 is 0. The Kier molecular flexibility index (Phi) is 4.79. The van der Waals surface area contributed by atoms with E-state index >= 15 is 0 Å². The molecule has 0 spiro atoms. The third-order valence-corrected chi connectivity index (χ3v) is 4.16. The van der Waals surface area contributed by atoms with Gasteiger partial charge in [-0.1, -0.05) is 30.3 Å². The minimum absolute atomic E-state index is 0.0130. The van der Waals surface area contributed by atoms with Gasteiger partial charge in [0.1, 0.15) is 5.75 Å². The Balaban J connectivity index is 1.59. The third kappa shape index (κ3) is 3.74. The van der Waals surface area contributed by atoms with Gasteiger partial charge in [-0.3, -0.25) is 9.59 Å². The minimum Gasteiger partial charge on any atom is -0.497 e. The second-order valence-electron chi connectivity index (χ2n) is 5.88. The number of nitrogens with one attached hydrogen (secondary N) is 1. The molecule has 1 N–H and O–H groups in total. The van der Waals surface area contributed by atoms with E-state index in [1.807, 2.05) is 54.6 Å². The normalized spacial score (nSPS) is 17.0. The summed E-state index contributed by atoms with van der Waals surface area (Å²) in [5, 5.41) is 2.87. The maximum atomic E-state index is 12.3. The molecule has 0 aromatic heterocycles. The molecule has 2 aromatic carbocycles. The van der Waals surface area contributed by atoms with Crippen LogP contribution in [0.25, 0.3) is 0 Å². The topological polar surface area (TPSA) is 58.6 Å². The van der Waals surface area contributed by atoms with Crippen LogP contribution >= 0.6 is 0 Å². The molecule has 24 heavy (non-hydrogen) atoms. The molecule has 0 bridgehead atoms. The SMILES string of the molecule is COc1ccc(CN2C[C@@H](C(=O)Nc3ccccc3)CC2=O)cc1. The molecule has 1 fully saturated rings. The standard InChI is InChI=1S/C19H20N2O3/c1-24-17-9-7-14(8-10-17)12-21-13-15(11-18(21)22)19(23)20-16-5-3-2-4-6-16/h2-10,15H,11-13H2,1H3,(H,20,23)/t15-/m0/s1. The first-order valence-electron chi connectivity index (χ1n) is 7.92. The van der Waals surface area contributed by atoms with Crippen LogP contribution < -0.4 is 10.1 Å². The number of nitrogens with zero attached hydrogens (tertiary/aromatic N) is 1. The molecule has 1 heterocycles. The lowest BCUT2D eigenvalue weighted by molar-refractivity contribution is -0.128. The molecule has 124 valence electrons. The van der Waals surface area contributed by atoms with E-state index in [0.717, 1.165) is 17.0 Å². The number of hydrogen-bond acceptors (Lipinski definition) is 3. The monoisotopic (exact) mass is 324 g/mol. The molecule has 0 aliphatic carbocycles. The van der Waals surface area contributed by atoms with Gasteiger partial charge in [-0.2, -0.15) is 0 Å². The molecule has 1 atom stereocenters. The second kappa shape index (κ2) is 7.17. The average Bonchev–Trinajstić information content (AvgIpc) is 2.97. The summed E-state index contributed by atoms with van der Waals surface area (Å²) in [5.74, 6) is 0.383. The summed E-state index contributed by atoms with van der Waals surface area (Å²) in [5.41, 5.74) is 1.77. The van der Waals surface area contributed by atoms with Crippen LogP contribution in [0.5, 0.6) is 5.75 Å². The number of anilines is 1. The van der Waals surface area contributed by atoms with E-state index in [4.69, 9.17) is 4.74 Å². The van der Waals surface area contributed by atoms with Crippen molar-refractivity contribution in [2.24, 2.45) is 5.92 Å². The van der Waals surface area contributed by atoms with E-state index in [-0.39, 0.29) is 24.2 Å². The summed E-state index contributed by atoms with van der Waals surface area (Å²) in [6.45, 7) is 0.960. The first-order valence-corrected chi connectivity index (χ1v) is 7.92. The summed E-state index contributed by atoms with van der Waals surface area (Å²) < 4.78 is 5.13. The Labute approximate surface area is 141 Å². The molecule has 0 unspecified atom stereocenters. The van der Waals surface area contributed by atoms with Crippen molar-refractivity contribution in [2.45, 2.75) is 13.0 Å². The lowest BCUT2D eigenvalue weighted by Gasteiger charge is -2.17. The van der Waals surface area contributed by atoms with Crippen LogP contribution in [0.1, 0.15) is 12.0 Å². The van der Waals surface area contributed by atoms with E-state index in [1.54, 1.807) is 12.0 Å². The number of para-hydroxylation sites is 1. The molecule has 0 saturated carbocycles. The number of methoxy groups -OCH3 is 1. The van der Waals surface area contributed by atoms with Crippen molar-refractivity contribution in [1.29, 1.82) is 0 Å². The van der Waals surface area contributed by atoms with Crippen molar-refractivity contribution in [3.8, 4) is 5.75 Å². The number of benzene rings is 2. The lowest BCUT2D eigenvalue weighted by atomic mass is 10.1. The highest BCUT2D eigenvalue weighted by atomic mass is 16.5. The summed E-state index contributed by atoms with van der Waals surface area (Å²) in [6.07, 6.45) is 0.259. The van der Waals surface area contributed by atoms with Gasteiger partial charge in [-0.15, -0.1) is 0 Å². The van der Waals surface area contributed by atoms with Gasteiger partial charge in [-0.25, -0.2) is 0 Å². The first kappa shape index (κ1) is 16.1. The highest BCUT2D eigenvalue weighted by molar-refractivity contribution is 5.97. The zero-order valence-corrected chi connectivity index (χ0v) is 13.6. The van der Waals surface area contributed by atoms with Crippen LogP contribution in [0, 0.1) is 5.92 Å². The fourth-order valence-corrected chi connectivity index (χ4v) is 2.82. The van der Waals surface area contributed by atoms with E-state index < -0.39 is 0 Å². The molecule has 3 rings (SSSR count). The third-order valence-electron chi connectivity index (χ3n) is 4.16. The summed E-state index contributed by atoms with van der Waals surface area (Å²) in [7, 11) is 1.62. The van der Waals surface area contributed by atoms with Gasteiger partial charge in [0.15, 0.2) is 0 Å². The minimum atomic E-state index is -0.309. The molecule has 2 aromatic rings. The molecule has 1 saturated heterocycles. The van der Waals surface area contributed by atoms with Crippen LogP contribution in [0.3, 0.4) is 0 Å². The highest BCUT2D eigenvalue weighted by Crippen LogP contribution is 2.22. The Morgan fingerprint density at radius 3 is 2.54 bits per heavy atom. The lowest BCUT2D eigenvalue weighted by Crippen LogP contribution is -2.28. The number of rotatable bonds is 5. The largest absolute Gasteiger partial charge is 0.497 e. The van der Waals surface area contributed by atoms with Gasteiger partial charge in [0, 0.05) is 25.2 Å². The van der Waals surface area contributed by atoms with E-state index in [0.29, 0.717) is 13.1 Å². The number of carbonyl (C=O) groups is 2. The molecule has 1 aliphatic heterocycles. The van der Waals surface area contributed by atoms with Crippen molar-refractivity contribution >= 4 is 17.5 Å². The van der Waals surface area contributed by atoms with Crippen LogP contribution in [-0.4, -0.2) is 30.4 Å². The number of amides is 2. The Hall–Kier alpha value is -2.82. The molecule has 1 aliphatic rings. The molecule has 0 radical (unpaired) electrons. The Morgan fingerprint density at radius 2 is 1.88 bits per heavy atom. The average molecular weight is 324 g/mol. The maximum absolute atomic E-state index is 12.3. The van der Waals surface area contributed by atoms with Gasteiger partial charge in [0.05, 0.1) is 13.0 Å². The summed E-state index contributed by atoms with van der Waals surface area (Å²) in [4.78, 5) is 26.3. The number of carbonyl (C=O) groups excluding carboxylic acids is 2. The van der Waals surface area contributed by atoms with Gasteiger partial charge in [-0.05, 0) is 29.8 Å². The van der Waals surface area contributed by atoms with Crippen molar-refractivity contribution < 1.29 is 14.3 Å². The predicted molar refractivity (Wildman–Crippen MR) is 91.6 cm³/mol. The van der Waals surface area contributed by atoms with E-state index in [1.165, 1.54) is 0 Å². The Bertz CT molecular complexity index is 713. The number of hydrogen-bond donors (Lipinski definition) is 1. The van der Waals surface area contributed by atoms with E-state index in [9.17, 15) is 9.59 Å². The second-order valence-corrected chi connectivity index (χ2v) is 5.88. The number of ether oxygens (including phenoxy) is 1. The van der Waals surface area contributed by atoms with Crippen LogP contribution in [0.15, 0.2) is 54.6 Å². The highest BCUT2D eigenvalue weighted by Gasteiger charge is 2.34. The fourth-order valence-electron chi connectivity index (χ4n) is 2.82. The molecule has 5 nitrogen and oxygen atoms in total. The Morgan fingerprint density at radius 1 is 1.17 bits per heavy atom. The van der Waals surface area contributed by atoms with Crippen molar-refractivity contribution in [3.05, 3.63) is 60.2 Å². The zero-order valence-electron chi connectivity index (χ0n) is 13.6. The van der Waals surface area contributed by atoms with Gasteiger partial charge in [0.2, 0.25) is 11.8 Å². The van der Waals surface area contributed by atoms with Crippen molar-refractivity contribution in [3.63, 3.8) is 0 Å². The van der Waals surface area contributed by atoms with E-state index in [2.05, 4.69) is 5.32 Å². The number of likely N-dealkylation sites (tertiary alicyclic amines) is 1. The van der Waals surface area contributed by atoms with Gasteiger partial charge in [0.25, 0.3) is 0 Å². The maximum Gasteiger partial charge on any atom is 0.229 e. The summed E-state index contributed by atoms with van der Waals surface area (Å²) in [6, 6.07) is 16.9. The van der Waals surface area contributed by atoms with Gasteiger partial charge >= 0.3 is 0 Å². The van der Waals surface area contributed by atoms with Crippen molar-refractivity contribution in [2.75, 3.05) is 19.0 Å². The van der Waals surface area contributed by atoms with Crippen molar-refractivity contribution in [1.82, 2.24) is 4.90 Å². The van der Waals surface area contributed by atoms with Crippen LogP contribution in [-0.2, 0) is 16.1 Å². The zero-order chi connectivity index (χ0) is 16.9. The molecule has 5 heteroatoms. The fraction of sp³-hybridized carbons (Fsp3) is 0.263.